The number of hydrogen-bond donors (Lipinski definition) is 0. The molecule has 0 aromatic rings. The van der Waals surface area contributed by atoms with Crippen molar-refractivity contribution in [3.05, 3.63) is 0 Å². The molecule has 2 unspecified atom stereocenters. The minimum Gasteiger partial charge on any atom is -0.455 e. The molecule has 28 heavy (non-hydrogen) atoms. The highest BCUT2D eigenvalue weighted by Gasteiger charge is 2.48. The molecule has 2 aliphatic rings. The van der Waals surface area contributed by atoms with Crippen LogP contribution in [0.25, 0.3) is 0 Å². The van der Waals surface area contributed by atoms with E-state index in [1.807, 2.05) is 34.6 Å². The van der Waals surface area contributed by atoms with Crippen molar-refractivity contribution in [3.8, 4) is 0 Å². The van der Waals surface area contributed by atoms with E-state index < -0.39 is 22.8 Å². The van der Waals surface area contributed by atoms with Crippen LogP contribution in [0.15, 0.2) is 0 Å². The van der Waals surface area contributed by atoms with E-state index in [1.54, 1.807) is 0 Å². The molecule has 5 heteroatoms. The van der Waals surface area contributed by atoms with E-state index in [-0.39, 0.29) is 12.6 Å². The van der Waals surface area contributed by atoms with Crippen LogP contribution in [0.1, 0.15) is 99.3 Å². The molecule has 0 aromatic carbocycles. The van der Waals surface area contributed by atoms with Crippen LogP contribution in [0.2, 0.25) is 0 Å². The van der Waals surface area contributed by atoms with Crippen molar-refractivity contribution in [3.63, 3.8) is 0 Å². The summed E-state index contributed by atoms with van der Waals surface area (Å²) in [7, 11) is 0. The molecule has 5 nitrogen and oxygen atoms in total. The standard InChI is InChI=1S/C23H40O5/c1-7-12-22(5,6)28-20(25)26-16-23(27-19(24)21(3,4)8-2)14-17-10-9-11-18(13-17)15-23/h17-18H,7-16H2,1-6H3. The predicted octanol–water partition coefficient (Wildman–Crippen LogP) is 6.04. The Labute approximate surface area is 170 Å². The Morgan fingerprint density at radius 1 is 1.04 bits per heavy atom. The largest absolute Gasteiger partial charge is 0.508 e. The number of ether oxygens (including phenoxy) is 3. The molecule has 2 rings (SSSR count). The third-order valence-electron chi connectivity index (χ3n) is 6.62. The number of esters is 1. The Hall–Kier alpha value is -1.26. The molecular weight excluding hydrogens is 356 g/mol. The zero-order valence-electron chi connectivity index (χ0n) is 18.8. The maximum absolute atomic E-state index is 12.9. The van der Waals surface area contributed by atoms with Gasteiger partial charge in [0.1, 0.15) is 17.8 Å². The Balaban J connectivity index is 2.09. The molecule has 2 atom stereocenters. The van der Waals surface area contributed by atoms with Crippen LogP contribution in [0.4, 0.5) is 4.79 Å². The van der Waals surface area contributed by atoms with Gasteiger partial charge < -0.3 is 14.2 Å². The monoisotopic (exact) mass is 396 g/mol. The van der Waals surface area contributed by atoms with E-state index in [2.05, 4.69) is 6.92 Å². The lowest BCUT2D eigenvalue weighted by atomic mass is 9.66. The van der Waals surface area contributed by atoms with Crippen molar-refractivity contribution in [1.82, 2.24) is 0 Å². The van der Waals surface area contributed by atoms with Gasteiger partial charge >= 0.3 is 12.1 Å². The molecular formula is C23H40O5. The van der Waals surface area contributed by atoms with E-state index in [9.17, 15) is 9.59 Å². The fourth-order valence-corrected chi connectivity index (χ4v) is 4.72. The molecule has 0 heterocycles. The molecule has 2 saturated carbocycles. The molecule has 0 saturated heterocycles. The van der Waals surface area contributed by atoms with Crippen molar-refractivity contribution in [2.24, 2.45) is 17.3 Å². The number of carbonyl (C=O) groups is 2. The Morgan fingerprint density at radius 2 is 1.64 bits per heavy atom. The van der Waals surface area contributed by atoms with Crippen LogP contribution < -0.4 is 0 Å². The first-order valence-corrected chi connectivity index (χ1v) is 11.1. The van der Waals surface area contributed by atoms with Crippen LogP contribution in [-0.2, 0) is 19.0 Å². The summed E-state index contributed by atoms with van der Waals surface area (Å²) in [5.74, 6) is 0.889. The minimum atomic E-state index is -0.717. The lowest BCUT2D eigenvalue weighted by Crippen LogP contribution is -2.50. The van der Waals surface area contributed by atoms with Crippen molar-refractivity contribution in [2.45, 2.75) is 111 Å². The summed E-state index contributed by atoms with van der Waals surface area (Å²) in [6.07, 6.45) is 8.08. The Kier molecular flexibility index (Phi) is 7.44. The predicted molar refractivity (Wildman–Crippen MR) is 109 cm³/mol. The van der Waals surface area contributed by atoms with Crippen LogP contribution >= 0.6 is 0 Å². The first-order chi connectivity index (χ1) is 13.0. The molecule has 0 amide bonds. The SMILES string of the molecule is CCCC(C)(C)OC(=O)OCC1(OC(=O)C(C)(C)CC)CC2CCCC(C2)C1. The van der Waals surface area contributed by atoms with Crippen LogP contribution in [0.5, 0.6) is 0 Å². The highest BCUT2D eigenvalue weighted by molar-refractivity contribution is 5.76. The molecule has 2 aliphatic carbocycles. The maximum Gasteiger partial charge on any atom is 0.508 e. The smallest absolute Gasteiger partial charge is 0.455 e. The van der Waals surface area contributed by atoms with Crippen molar-refractivity contribution in [1.29, 1.82) is 0 Å². The number of fused-ring (bicyclic) bond motifs is 2. The maximum atomic E-state index is 12.9. The van der Waals surface area contributed by atoms with E-state index in [0.717, 1.165) is 25.7 Å². The van der Waals surface area contributed by atoms with Gasteiger partial charge in [0.2, 0.25) is 0 Å². The van der Waals surface area contributed by atoms with Crippen molar-refractivity contribution < 1.29 is 23.8 Å². The fourth-order valence-electron chi connectivity index (χ4n) is 4.72. The van der Waals surface area contributed by atoms with Gasteiger partial charge in [-0.25, -0.2) is 4.79 Å². The van der Waals surface area contributed by atoms with Crippen LogP contribution in [-0.4, -0.2) is 29.9 Å². The summed E-state index contributed by atoms with van der Waals surface area (Å²) in [6.45, 7) is 11.7. The quantitative estimate of drug-likeness (QED) is 0.468. The van der Waals surface area contributed by atoms with Gasteiger partial charge in [0.25, 0.3) is 0 Å². The topological polar surface area (TPSA) is 61.8 Å². The van der Waals surface area contributed by atoms with Crippen molar-refractivity contribution >= 4 is 12.1 Å². The van der Waals surface area contributed by atoms with Gasteiger partial charge in [-0.3, -0.25) is 4.79 Å². The molecule has 0 aromatic heterocycles. The zero-order chi connectivity index (χ0) is 21.0. The minimum absolute atomic E-state index is 0.0899. The van der Waals surface area contributed by atoms with Gasteiger partial charge in [-0.1, -0.05) is 39.5 Å². The van der Waals surface area contributed by atoms with E-state index >= 15 is 0 Å². The first kappa shape index (κ1) is 23.0. The molecule has 0 radical (unpaired) electrons. The Bertz CT molecular complexity index is 539. The molecule has 2 fully saturated rings. The number of carbonyl (C=O) groups excluding carboxylic acids is 2. The average Bonchev–Trinajstić information content (AvgIpc) is 2.59. The van der Waals surface area contributed by atoms with Gasteiger partial charge in [-0.15, -0.1) is 0 Å². The number of rotatable bonds is 8. The molecule has 0 spiro atoms. The molecule has 0 aliphatic heterocycles. The van der Waals surface area contributed by atoms with Gasteiger partial charge in [0.05, 0.1) is 5.41 Å². The van der Waals surface area contributed by atoms with Gasteiger partial charge in [-0.2, -0.15) is 0 Å². The van der Waals surface area contributed by atoms with Gasteiger partial charge in [-0.05, 0) is 71.6 Å². The van der Waals surface area contributed by atoms with Gasteiger partial charge in [0.15, 0.2) is 0 Å². The Morgan fingerprint density at radius 3 is 2.18 bits per heavy atom. The summed E-state index contributed by atoms with van der Waals surface area (Å²) in [4.78, 5) is 25.2. The van der Waals surface area contributed by atoms with Crippen LogP contribution in [0, 0.1) is 17.3 Å². The molecule has 2 bridgehead atoms. The molecule has 0 N–H and O–H groups in total. The summed E-state index contributed by atoms with van der Waals surface area (Å²) >= 11 is 0. The zero-order valence-corrected chi connectivity index (χ0v) is 18.8. The second kappa shape index (κ2) is 9.04. The van der Waals surface area contributed by atoms with E-state index in [4.69, 9.17) is 14.2 Å². The highest BCUT2D eigenvalue weighted by Crippen LogP contribution is 2.47. The van der Waals surface area contributed by atoms with Gasteiger partial charge in [0, 0.05) is 0 Å². The second-order valence-corrected chi connectivity index (χ2v) is 10.3. The average molecular weight is 397 g/mol. The fraction of sp³-hybridized carbons (Fsp3) is 0.913. The summed E-state index contributed by atoms with van der Waals surface area (Å²) in [5, 5.41) is 0. The number of hydrogen-bond acceptors (Lipinski definition) is 5. The summed E-state index contributed by atoms with van der Waals surface area (Å²) < 4.78 is 17.2. The second-order valence-electron chi connectivity index (χ2n) is 10.3. The molecule has 162 valence electrons. The highest BCUT2D eigenvalue weighted by atomic mass is 16.7. The normalized spacial score (nSPS) is 27.8. The van der Waals surface area contributed by atoms with Crippen molar-refractivity contribution in [2.75, 3.05) is 6.61 Å². The third-order valence-corrected chi connectivity index (χ3v) is 6.62. The lowest BCUT2D eigenvalue weighted by molar-refractivity contribution is -0.188. The van der Waals surface area contributed by atoms with Crippen LogP contribution in [0.3, 0.4) is 0 Å². The lowest BCUT2D eigenvalue weighted by Gasteiger charge is -2.46. The first-order valence-electron chi connectivity index (χ1n) is 11.1. The summed E-state index contributed by atoms with van der Waals surface area (Å²) in [5.41, 5.74) is -1.81. The third kappa shape index (κ3) is 6.12. The van der Waals surface area contributed by atoms with E-state index in [0.29, 0.717) is 18.3 Å². The summed E-state index contributed by atoms with van der Waals surface area (Å²) in [6, 6.07) is 0. The van der Waals surface area contributed by atoms with E-state index in [1.165, 1.54) is 25.7 Å².